The van der Waals surface area contributed by atoms with Crippen molar-refractivity contribution in [3.8, 4) is 21.7 Å². The lowest BCUT2D eigenvalue weighted by molar-refractivity contribution is 1.35. The molecule has 0 unspecified atom stereocenters. The Balaban J connectivity index is 1.75. The predicted octanol–water partition coefficient (Wildman–Crippen LogP) is 6.84. The van der Waals surface area contributed by atoms with Crippen LogP contribution in [-0.4, -0.2) is 11.2 Å². The van der Waals surface area contributed by atoms with Crippen LogP contribution in [0, 0.1) is 13.8 Å². The molecule has 0 fully saturated rings. The van der Waals surface area contributed by atoms with Crippen molar-refractivity contribution in [2.45, 2.75) is 13.8 Å². The van der Waals surface area contributed by atoms with Crippen LogP contribution in [0.3, 0.4) is 0 Å². The first-order valence-electron chi connectivity index (χ1n) is 8.93. The van der Waals surface area contributed by atoms with Gasteiger partial charge >= 0.3 is 0 Å². The Labute approximate surface area is 163 Å². The van der Waals surface area contributed by atoms with Crippen LogP contribution in [0.5, 0.6) is 0 Å². The summed E-state index contributed by atoms with van der Waals surface area (Å²) >= 11 is 1.63. The van der Waals surface area contributed by atoms with Gasteiger partial charge in [-0.1, -0.05) is 101 Å². The lowest BCUT2D eigenvalue weighted by Crippen LogP contribution is -1.83. The van der Waals surface area contributed by atoms with Crippen LogP contribution in [0.25, 0.3) is 21.7 Å². The normalized spacial score (nSPS) is 11.2. The van der Waals surface area contributed by atoms with Gasteiger partial charge in [-0.3, -0.25) is 0 Å². The summed E-state index contributed by atoms with van der Waals surface area (Å²) in [6, 6.07) is 27.2. The Bertz CT molecular complexity index is 1060. The first kappa shape index (κ1) is 17.4. The first-order chi connectivity index (χ1) is 13.2. The van der Waals surface area contributed by atoms with Crippen molar-refractivity contribution in [3.63, 3.8) is 0 Å². The maximum atomic E-state index is 4.84. The lowest BCUT2D eigenvalue weighted by atomic mass is 10.1. The Morgan fingerprint density at radius 1 is 0.741 bits per heavy atom. The molecule has 3 aromatic carbocycles. The van der Waals surface area contributed by atoms with E-state index < -0.39 is 0 Å². The van der Waals surface area contributed by atoms with E-state index in [1.54, 1.807) is 11.3 Å². The standard InChI is InChI=1S/C24H20N2S/c1-17-8-12-19(13-9-17)16-25-24-26-22(20-14-10-18(2)11-15-20)23(27-24)21-6-4-3-5-7-21/h3-16H,1-2H3. The van der Waals surface area contributed by atoms with Gasteiger partial charge in [-0.05, 0) is 25.0 Å². The van der Waals surface area contributed by atoms with Crippen LogP contribution in [0.1, 0.15) is 16.7 Å². The van der Waals surface area contributed by atoms with Crippen LogP contribution >= 0.6 is 11.3 Å². The van der Waals surface area contributed by atoms with E-state index in [1.165, 1.54) is 16.7 Å². The monoisotopic (exact) mass is 368 g/mol. The highest BCUT2D eigenvalue weighted by atomic mass is 32.1. The van der Waals surface area contributed by atoms with Crippen molar-refractivity contribution in [1.82, 2.24) is 4.98 Å². The molecule has 1 aromatic heterocycles. The first-order valence-corrected chi connectivity index (χ1v) is 9.75. The molecule has 0 radical (unpaired) electrons. The second kappa shape index (κ2) is 7.68. The zero-order valence-corrected chi connectivity index (χ0v) is 16.2. The van der Waals surface area contributed by atoms with E-state index in [2.05, 4.69) is 91.6 Å². The number of nitrogens with zero attached hydrogens (tertiary/aromatic N) is 2. The third-order valence-electron chi connectivity index (χ3n) is 4.38. The van der Waals surface area contributed by atoms with Gasteiger partial charge in [0, 0.05) is 11.8 Å². The Morgan fingerprint density at radius 3 is 2.04 bits per heavy atom. The van der Waals surface area contributed by atoms with Gasteiger partial charge in [0.1, 0.15) is 0 Å². The predicted molar refractivity (Wildman–Crippen MR) is 116 cm³/mol. The van der Waals surface area contributed by atoms with E-state index >= 15 is 0 Å². The quantitative estimate of drug-likeness (QED) is 0.362. The number of hydrogen-bond donors (Lipinski definition) is 0. The van der Waals surface area contributed by atoms with Crippen LogP contribution in [0.2, 0.25) is 0 Å². The molecular weight excluding hydrogens is 348 g/mol. The lowest BCUT2D eigenvalue weighted by Gasteiger charge is -2.03. The minimum atomic E-state index is 0.769. The summed E-state index contributed by atoms with van der Waals surface area (Å²) in [5.74, 6) is 0. The van der Waals surface area contributed by atoms with Gasteiger partial charge in [-0.15, -0.1) is 0 Å². The number of benzene rings is 3. The fourth-order valence-electron chi connectivity index (χ4n) is 2.84. The van der Waals surface area contributed by atoms with Gasteiger partial charge in [-0.2, -0.15) is 0 Å². The number of thiazole rings is 1. The molecule has 3 heteroatoms. The minimum absolute atomic E-state index is 0.769. The van der Waals surface area contributed by atoms with Gasteiger partial charge in [0.15, 0.2) is 0 Å². The third-order valence-corrected chi connectivity index (χ3v) is 5.39. The van der Waals surface area contributed by atoms with E-state index in [9.17, 15) is 0 Å². The molecule has 0 spiro atoms. The summed E-state index contributed by atoms with van der Waals surface area (Å²) in [6.07, 6.45) is 1.88. The largest absolute Gasteiger partial charge is 0.227 e. The van der Waals surface area contributed by atoms with Gasteiger partial charge < -0.3 is 0 Å². The molecule has 4 aromatic rings. The van der Waals surface area contributed by atoms with Crippen LogP contribution in [0.4, 0.5) is 5.13 Å². The maximum absolute atomic E-state index is 4.84. The zero-order chi connectivity index (χ0) is 18.6. The summed E-state index contributed by atoms with van der Waals surface area (Å²) in [5.41, 5.74) is 6.84. The summed E-state index contributed by atoms with van der Waals surface area (Å²) in [5, 5.41) is 0.769. The number of rotatable bonds is 4. The molecule has 0 aliphatic heterocycles. The molecule has 0 amide bonds. The topological polar surface area (TPSA) is 25.2 Å². The van der Waals surface area contributed by atoms with Crippen LogP contribution in [-0.2, 0) is 0 Å². The summed E-state index contributed by atoms with van der Waals surface area (Å²) < 4.78 is 0. The Morgan fingerprint density at radius 2 is 1.37 bits per heavy atom. The highest BCUT2D eigenvalue weighted by Gasteiger charge is 2.14. The minimum Gasteiger partial charge on any atom is -0.227 e. The molecule has 4 rings (SSSR count). The molecule has 0 saturated heterocycles. The van der Waals surface area contributed by atoms with Crippen molar-refractivity contribution in [2.24, 2.45) is 4.99 Å². The SMILES string of the molecule is Cc1ccc(C=Nc2nc(-c3ccc(C)cc3)c(-c3ccccc3)s2)cc1. The molecule has 2 nitrogen and oxygen atoms in total. The van der Waals surface area contributed by atoms with Gasteiger partial charge in [0.2, 0.25) is 5.13 Å². The molecule has 27 heavy (non-hydrogen) atoms. The van der Waals surface area contributed by atoms with E-state index in [0.717, 1.165) is 26.8 Å². The number of aliphatic imine (C=N–C) groups is 1. The zero-order valence-electron chi connectivity index (χ0n) is 15.4. The van der Waals surface area contributed by atoms with Crippen molar-refractivity contribution in [2.75, 3.05) is 0 Å². The second-order valence-corrected chi connectivity index (χ2v) is 7.55. The summed E-state index contributed by atoms with van der Waals surface area (Å²) in [6.45, 7) is 4.18. The van der Waals surface area contributed by atoms with Gasteiger partial charge in [0.05, 0.1) is 10.6 Å². The Kier molecular flexibility index (Phi) is 4.95. The third kappa shape index (κ3) is 4.04. The average molecular weight is 369 g/mol. The van der Waals surface area contributed by atoms with E-state index in [1.807, 2.05) is 12.3 Å². The maximum Gasteiger partial charge on any atom is 0.210 e. The van der Waals surface area contributed by atoms with E-state index in [0.29, 0.717) is 0 Å². The van der Waals surface area contributed by atoms with Gasteiger partial charge in [-0.25, -0.2) is 9.98 Å². The summed E-state index contributed by atoms with van der Waals surface area (Å²) in [4.78, 5) is 10.6. The van der Waals surface area contributed by atoms with Gasteiger partial charge in [0.25, 0.3) is 0 Å². The van der Waals surface area contributed by atoms with Crippen molar-refractivity contribution >= 4 is 22.7 Å². The van der Waals surface area contributed by atoms with E-state index in [-0.39, 0.29) is 0 Å². The molecule has 0 bridgehead atoms. The van der Waals surface area contributed by atoms with E-state index in [4.69, 9.17) is 4.98 Å². The highest BCUT2D eigenvalue weighted by molar-refractivity contribution is 7.19. The smallest absolute Gasteiger partial charge is 0.210 e. The summed E-state index contributed by atoms with van der Waals surface area (Å²) in [7, 11) is 0. The number of aromatic nitrogens is 1. The van der Waals surface area contributed by atoms with Crippen molar-refractivity contribution < 1.29 is 0 Å². The molecule has 0 atom stereocenters. The molecule has 0 aliphatic rings. The molecule has 0 aliphatic carbocycles. The second-order valence-electron chi connectivity index (χ2n) is 6.58. The molecule has 0 N–H and O–H groups in total. The molecule has 132 valence electrons. The average Bonchev–Trinajstić information content (AvgIpc) is 3.13. The molecular formula is C24H20N2S. The molecule has 1 heterocycles. The van der Waals surface area contributed by atoms with Crippen molar-refractivity contribution in [3.05, 3.63) is 95.6 Å². The van der Waals surface area contributed by atoms with Crippen LogP contribution < -0.4 is 0 Å². The highest BCUT2D eigenvalue weighted by Crippen LogP contribution is 2.40. The number of aryl methyl sites for hydroxylation is 2. The molecule has 0 saturated carbocycles. The van der Waals surface area contributed by atoms with Crippen LogP contribution in [0.15, 0.2) is 83.9 Å². The Hall–Kier alpha value is -3.04. The fraction of sp³-hybridized carbons (Fsp3) is 0.0833. The fourth-order valence-corrected chi connectivity index (χ4v) is 3.78. The van der Waals surface area contributed by atoms with Crippen molar-refractivity contribution in [1.29, 1.82) is 0 Å². The number of hydrogen-bond acceptors (Lipinski definition) is 3.